The van der Waals surface area contributed by atoms with E-state index >= 15 is 0 Å². The lowest BCUT2D eigenvalue weighted by atomic mass is 10.9. The van der Waals surface area contributed by atoms with Gasteiger partial charge in [-0.2, -0.15) is 0 Å². The summed E-state index contributed by atoms with van der Waals surface area (Å²) in [6, 6.07) is 0. The molecule has 11 heavy (non-hydrogen) atoms. The summed E-state index contributed by atoms with van der Waals surface area (Å²) in [5, 5.41) is 0. The lowest BCUT2D eigenvalue weighted by molar-refractivity contribution is 0.366. The topological polar surface area (TPSA) is 9.23 Å². The molecule has 60 valence electrons. The van der Waals surface area contributed by atoms with Gasteiger partial charge in [0.1, 0.15) is 0 Å². The molecule has 0 bridgehead atoms. The first-order valence-electron chi connectivity index (χ1n) is 3.65. The van der Waals surface area contributed by atoms with Crippen molar-refractivity contribution < 1.29 is 4.43 Å². The van der Waals surface area contributed by atoms with Crippen LogP contribution in [0.2, 0.25) is 13.1 Å². The Balaban J connectivity index is 3.66. The average molecular weight is 182 g/mol. The summed E-state index contributed by atoms with van der Waals surface area (Å²) in [5.41, 5.74) is 7.01. The fraction of sp³-hybridized carbons (Fsp3) is 0.500. The van der Waals surface area contributed by atoms with Gasteiger partial charge in [-0.25, -0.2) is 0 Å². The third-order valence-electron chi connectivity index (χ3n) is 1.17. The van der Waals surface area contributed by atoms with Crippen LogP contribution in [0.25, 0.3) is 0 Å². The number of hydrogen-bond donors (Lipinski definition) is 0. The van der Waals surface area contributed by atoms with E-state index < -0.39 is 8.07 Å². The van der Waals surface area contributed by atoms with Crippen LogP contribution in [0.1, 0.15) is 6.92 Å². The maximum Gasteiger partial charge on any atom is 0.259 e. The van der Waals surface area contributed by atoms with Gasteiger partial charge in [-0.1, -0.05) is 24.5 Å². The lowest BCUT2D eigenvalue weighted by Crippen LogP contribution is -2.19. The van der Waals surface area contributed by atoms with Gasteiger partial charge in [-0.15, -0.1) is 12.0 Å². The van der Waals surface area contributed by atoms with Crippen molar-refractivity contribution in [2.45, 2.75) is 20.0 Å². The van der Waals surface area contributed by atoms with Crippen LogP contribution >= 0.6 is 0 Å². The highest BCUT2D eigenvalue weighted by molar-refractivity contribution is 6.89. The molecule has 0 aliphatic heterocycles. The minimum Gasteiger partial charge on any atom is -0.412 e. The predicted molar refractivity (Wildman–Crippen MR) is 52.8 cm³/mol. The van der Waals surface area contributed by atoms with Crippen LogP contribution in [0.3, 0.4) is 0 Å². The van der Waals surface area contributed by atoms with E-state index in [1.54, 1.807) is 0 Å². The van der Waals surface area contributed by atoms with Crippen molar-refractivity contribution in [1.29, 1.82) is 0 Å². The van der Waals surface area contributed by atoms with Crippen molar-refractivity contribution in [1.82, 2.24) is 0 Å². The van der Waals surface area contributed by atoms with Gasteiger partial charge in [0.05, 0.1) is 0 Å². The van der Waals surface area contributed by atoms with E-state index in [1.165, 1.54) is 0 Å². The molecule has 0 aliphatic rings. The van der Waals surface area contributed by atoms with Crippen molar-refractivity contribution in [3.8, 4) is 12.0 Å². The molecule has 0 aliphatic carbocycles. The maximum atomic E-state index is 5.34. The molecule has 2 radical (unpaired) electrons. The van der Waals surface area contributed by atoms with E-state index in [-0.39, 0.29) is 0 Å². The second kappa shape index (κ2) is 5.36. The van der Waals surface area contributed by atoms with Crippen LogP contribution in [0, 0.1) is 12.0 Å². The Labute approximate surface area is 72.8 Å². The molecular formula is C8H14OSi2. The molecule has 0 unspecified atom stereocenters. The van der Waals surface area contributed by atoms with Crippen LogP contribution < -0.4 is 0 Å². The second-order valence-electron chi connectivity index (χ2n) is 2.75. The van der Waals surface area contributed by atoms with Gasteiger partial charge in [0.15, 0.2) is 8.07 Å². The van der Waals surface area contributed by atoms with Gasteiger partial charge in [0, 0.05) is 6.61 Å². The molecule has 0 aromatic heterocycles. The van der Waals surface area contributed by atoms with Crippen molar-refractivity contribution in [3.05, 3.63) is 11.4 Å². The minimum atomic E-state index is -1.45. The SMILES string of the molecule is C#C[Si](C)(C)/C=C/[Si]OCC. The zero-order valence-corrected chi connectivity index (χ0v) is 9.35. The molecule has 0 spiro atoms. The first kappa shape index (κ1) is 10.7. The van der Waals surface area contributed by atoms with Gasteiger partial charge in [0.2, 0.25) is 0 Å². The molecule has 0 amide bonds. The van der Waals surface area contributed by atoms with E-state index in [1.807, 2.05) is 6.92 Å². The predicted octanol–water partition coefficient (Wildman–Crippen LogP) is 1.58. The molecule has 0 N–H and O–H groups in total. The Kier molecular flexibility index (Phi) is 5.21. The van der Waals surface area contributed by atoms with Crippen LogP contribution in [-0.4, -0.2) is 24.4 Å². The average Bonchev–Trinajstić information content (AvgIpc) is 1.99. The molecule has 0 saturated carbocycles. The van der Waals surface area contributed by atoms with Crippen LogP contribution in [0.15, 0.2) is 11.4 Å². The highest BCUT2D eigenvalue weighted by Crippen LogP contribution is 2.00. The van der Waals surface area contributed by atoms with E-state index in [2.05, 4.69) is 30.0 Å². The molecule has 1 nitrogen and oxygen atoms in total. The molecular weight excluding hydrogens is 168 g/mol. The third kappa shape index (κ3) is 6.11. The summed E-state index contributed by atoms with van der Waals surface area (Å²) in [7, 11) is -0.986. The van der Waals surface area contributed by atoms with Gasteiger partial charge < -0.3 is 4.43 Å². The summed E-state index contributed by atoms with van der Waals surface area (Å²) in [4.78, 5) is 0. The number of hydrogen-bond acceptors (Lipinski definition) is 1. The Morgan fingerprint density at radius 3 is 2.73 bits per heavy atom. The zero-order valence-electron chi connectivity index (χ0n) is 7.35. The van der Waals surface area contributed by atoms with E-state index in [0.29, 0.717) is 9.76 Å². The largest absolute Gasteiger partial charge is 0.412 e. The summed E-state index contributed by atoms with van der Waals surface area (Å²) in [6.45, 7) is 7.05. The normalized spacial score (nSPS) is 11.8. The standard InChI is InChI=1S/C8H14OSi2/c1-5-9-10-7-8-11(3,4)6-2/h2,7-8H,5H2,1,3-4H3/b8-7+. The van der Waals surface area contributed by atoms with Crippen molar-refractivity contribution >= 4 is 17.8 Å². The highest BCUT2D eigenvalue weighted by Gasteiger charge is 2.11. The molecule has 0 fully saturated rings. The van der Waals surface area contributed by atoms with E-state index in [4.69, 9.17) is 10.8 Å². The van der Waals surface area contributed by atoms with Crippen LogP contribution in [0.4, 0.5) is 0 Å². The molecule has 0 rings (SSSR count). The molecule has 0 aromatic carbocycles. The van der Waals surface area contributed by atoms with Crippen LogP contribution in [0.5, 0.6) is 0 Å². The lowest BCUT2D eigenvalue weighted by Gasteiger charge is -2.05. The molecule has 0 heterocycles. The fourth-order valence-electron chi connectivity index (χ4n) is 0.422. The van der Waals surface area contributed by atoms with Crippen molar-refractivity contribution in [2.24, 2.45) is 0 Å². The molecule has 3 heteroatoms. The summed E-state index contributed by atoms with van der Waals surface area (Å²) >= 11 is 0. The van der Waals surface area contributed by atoms with E-state index in [9.17, 15) is 0 Å². The number of terminal acetylenes is 1. The van der Waals surface area contributed by atoms with Gasteiger partial charge in [0.25, 0.3) is 9.76 Å². The fourth-order valence-corrected chi connectivity index (χ4v) is 2.72. The monoisotopic (exact) mass is 182 g/mol. The summed E-state index contributed by atoms with van der Waals surface area (Å²) < 4.78 is 5.17. The van der Waals surface area contributed by atoms with Gasteiger partial charge >= 0.3 is 0 Å². The van der Waals surface area contributed by atoms with Gasteiger partial charge in [-0.05, 0) is 6.92 Å². The maximum absolute atomic E-state index is 5.34. The van der Waals surface area contributed by atoms with E-state index in [0.717, 1.165) is 6.61 Å². The third-order valence-corrected chi connectivity index (χ3v) is 4.00. The first-order chi connectivity index (χ1) is 5.12. The molecule has 0 atom stereocenters. The molecule has 0 saturated heterocycles. The quantitative estimate of drug-likeness (QED) is 0.364. The summed E-state index contributed by atoms with van der Waals surface area (Å²) in [5.74, 6) is 0. The Morgan fingerprint density at radius 1 is 1.64 bits per heavy atom. The zero-order chi connectivity index (χ0) is 8.74. The Bertz CT molecular complexity index is 167. The smallest absolute Gasteiger partial charge is 0.259 e. The van der Waals surface area contributed by atoms with Crippen LogP contribution in [-0.2, 0) is 4.43 Å². The Hall–Kier alpha value is -0.306. The number of rotatable bonds is 4. The molecule has 0 aromatic rings. The summed E-state index contributed by atoms with van der Waals surface area (Å²) in [6.07, 6.45) is 5.34. The van der Waals surface area contributed by atoms with Crippen molar-refractivity contribution in [2.75, 3.05) is 6.61 Å². The van der Waals surface area contributed by atoms with Crippen molar-refractivity contribution in [3.63, 3.8) is 0 Å². The Morgan fingerprint density at radius 2 is 2.27 bits per heavy atom. The minimum absolute atomic E-state index is 0.467. The van der Waals surface area contributed by atoms with Gasteiger partial charge in [-0.3, -0.25) is 0 Å². The second-order valence-corrected chi connectivity index (χ2v) is 7.67. The highest BCUT2D eigenvalue weighted by atomic mass is 28.3. The first-order valence-corrected chi connectivity index (χ1v) is 7.71.